The van der Waals surface area contributed by atoms with Gasteiger partial charge in [0.05, 0.1) is 13.7 Å². The zero-order valence-corrected chi connectivity index (χ0v) is 12.1. The van der Waals surface area contributed by atoms with E-state index in [4.69, 9.17) is 4.84 Å². The van der Waals surface area contributed by atoms with Crippen LogP contribution in [0.3, 0.4) is 0 Å². The first-order valence-electron chi connectivity index (χ1n) is 6.71. The normalized spacial score (nSPS) is 15.0. The lowest BCUT2D eigenvalue weighted by Gasteiger charge is -2.33. The molecular weight excluding hydrogens is 272 g/mol. The number of carbonyl (C=O) groups is 2. The molecule has 0 atom stereocenters. The van der Waals surface area contributed by atoms with Gasteiger partial charge in [-0.1, -0.05) is 30.3 Å². The Balaban J connectivity index is 2.04. The first-order valence-corrected chi connectivity index (χ1v) is 6.71. The Morgan fingerprint density at radius 3 is 2.62 bits per heavy atom. The molecule has 0 spiro atoms. The van der Waals surface area contributed by atoms with Gasteiger partial charge in [-0.25, -0.2) is 9.59 Å². The summed E-state index contributed by atoms with van der Waals surface area (Å²) in [5.41, 5.74) is 1.22. The highest BCUT2D eigenvalue weighted by molar-refractivity contribution is 5.94. The molecule has 21 heavy (non-hydrogen) atoms. The van der Waals surface area contributed by atoms with Crippen LogP contribution < -0.4 is 0 Å². The summed E-state index contributed by atoms with van der Waals surface area (Å²) < 4.78 is 4.67. The van der Waals surface area contributed by atoms with Crippen molar-refractivity contribution in [3.05, 3.63) is 47.7 Å². The van der Waals surface area contributed by atoms with Crippen LogP contribution in [0.15, 0.2) is 42.1 Å². The van der Waals surface area contributed by atoms with Gasteiger partial charge in [0.2, 0.25) is 0 Å². The van der Waals surface area contributed by atoms with Gasteiger partial charge in [-0.3, -0.25) is 9.74 Å². The predicted molar refractivity (Wildman–Crippen MR) is 75.8 cm³/mol. The lowest BCUT2D eigenvalue weighted by molar-refractivity contribution is -0.143. The molecule has 0 saturated heterocycles. The lowest BCUT2D eigenvalue weighted by atomic mass is 10.2. The van der Waals surface area contributed by atoms with E-state index in [0.29, 0.717) is 13.2 Å². The van der Waals surface area contributed by atoms with Gasteiger partial charge in [0.15, 0.2) is 0 Å². The molecule has 2 amide bonds. The Morgan fingerprint density at radius 2 is 2.00 bits per heavy atom. The number of methoxy groups -OCH3 is 1. The minimum Gasteiger partial charge on any atom is -0.464 e. The summed E-state index contributed by atoms with van der Waals surface area (Å²) in [6.07, 6.45) is 1.63. The minimum absolute atomic E-state index is 0.215. The molecule has 6 heteroatoms. The van der Waals surface area contributed by atoms with Gasteiger partial charge in [-0.2, -0.15) is 5.06 Å². The summed E-state index contributed by atoms with van der Waals surface area (Å²) in [6, 6.07) is 9.20. The molecular formula is C15H18N2O4. The van der Waals surface area contributed by atoms with Crippen LogP contribution in [-0.2, 0) is 21.0 Å². The summed E-state index contributed by atoms with van der Waals surface area (Å²) in [7, 11) is 1.29. The molecule has 112 valence electrons. The Labute approximate surface area is 123 Å². The maximum Gasteiger partial charge on any atom is 0.354 e. The van der Waals surface area contributed by atoms with E-state index in [1.54, 1.807) is 13.0 Å². The summed E-state index contributed by atoms with van der Waals surface area (Å²) >= 11 is 0. The van der Waals surface area contributed by atoms with Gasteiger partial charge in [-0.05, 0) is 18.6 Å². The van der Waals surface area contributed by atoms with E-state index in [9.17, 15) is 9.59 Å². The van der Waals surface area contributed by atoms with Crippen molar-refractivity contribution in [1.82, 2.24) is 9.96 Å². The zero-order valence-electron chi connectivity index (χ0n) is 12.1. The van der Waals surface area contributed by atoms with Crippen LogP contribution in [-0.4, -0.2) is 42.2 Å². The molecule has 1 aromatic rings. The van der Waals surface area contributed by atoms with E-state index in [1.165, 1.54) is 17.1 Å². The number of amides is 2. The monoisotopic (exact) mass is 290 g/mol. The number of nitrogens with zero attached hydrogens (tertiary/aromatic N) is 2. The maximum atomic E-state index is 12.3. The molecule has 0 radical (unpaired) electrons. The molecule has 1 heterocycles. The van der Waals surface area contributed by atoms with E-state index in [-0.39, 0.29) is 18.3 Å². The molecule has 2 rings (SSSR count). The van der Waals surface area contributed by atoms with Crippen molar-refractivity contribution in [2.24, 2.45) is 0 Å². The smallest absolute Gasteiger partial charge is 0.354 e. The summed E-state index contributed by atoms with van der Waals surface area (Å²) in [5, 5.41) is 1.24. The van der Waals surface area contributed by atoms with Crippen LogP contribution in [0.5, 0.6) is 0 Å². The van der Waals surface area contributed by atoms with E-state index >= 15 is 0 Å². The standard InChI is InChI=1S/C15H18N2O4/c1-3-16-13(14(18)20-2)9-10-17(15(16)19)21-11-12-7-5-4-6-8-12/h4-9H,3,10-11H2,1-2H3. The fourth-order valence-corrected chi connectivity index (χ4v) is 2.03. The van der Waals surface area contributed by atoms with Gasteiger partial charge in [0.25, 0.3) is 0 Å². The number of hydrogen-bond donors (Lipinski definition) is 0. The third kappa shape index (κ3) is 3.41. The van der Waals surface area contributed by atoms with E-state index in [0.717, 1.165) is 5.56 Å². The first kappa shape index (κ1) is 15.1. The number of benzene rings is 1. The number of rotatable bonds is 5. The second kappa shape index (κ2) is 6.90. The average molecular weight is 290 g/mol. The fourth-order valence-electron chi connectivity index (χ4n) is 2.03. The second-order valence-corrected chi connectivity index (χ2v) is 4.43. The van der Waals surface area contributed by atoms with Crippen LogP contribution in [0.25, 0.3) is 0 Å². The number of esters is 1. The second-order valence-electron chi connectivity index (χ2n) is 4.43. The van der Waals surface area contributed by atoms with Crippen molar-refractivity contribution in [3.63, 3.8) is 0 Å². The topological polar surface area (TPSA) is 59.1 Å². The Hall–Kier alpha value is -2.34. The third-order valence-corrected chi connectivity index (χ3v) is 3.13. The van der Waals surface area contributed by atoms with Gasteiger partial charge in [-0.15, -0.1) is 0 Å². The number of carbonyl (C=O) groups excluding carboxylic acids is 2. The largest absolute Gasteiger partial charge is 0.464 e. The van der Waals surface area contributed by atoms with E-state index in [2.05, 4.69) is 4.74 Å². The molecule has 0 aromatic heterocycles. The number of hydroxylamine groups is 2. The molecule has 0 aliphatic carbocycles. The quantitative estimate of drug-likeness (QED) is 0.778. The third-order valence-electron chi connectivity index (χ3n) is 3.13. The number of ether oxygens (including phenoxy) is 1. The molecule has 0 N–H and O–H groups in total. The van der Waals surface area contributed by atoms with Crippen LogP contribution >= 0.6 is 0 Å². The minimum atomic E-state index is -0.520. The highest BCUT2D eigenvalue weighted by Gasteiger charge is 2.31. The van der Waals surface area contributed by atoms with E-state index < -0.39 is 5.97 Å². The Kier molecular flexibility index (Phi) is 4.94. The van der Waals surface area contributed by atoms with Crippen molar-refractivity contribution in [2.75, 3.05) is 20.2 Å². The molecule has 6 nitrogen and oxygen atoms in total. The highest BCUT2D eigenvalue weighted by atomic mass is 16.7. The Bertz CT molecular complexity index is 542. The van der Waals surface area contributed by atoms with Gasteiger partial charge in [0, 0.05) is 6.54 Å². The SMILES string of the molecule is CCN1C(=O)N(OCc2ccccc2)CC=C1C(=O)OC. The van der Waals surface area contributed by atoms with Crippen molar-refractivity contribution >= 4 is 12.0 Å². The first-order chi connectivity index (χ1) is 10.2. The average Bonchev–Trinajstić information content (AvgIpc) is 2.53. The predicted octanol–water partition coefficient (Wildman–Crippen LogP) is 1.93. The van der Waals surface area contributed by atoms with Gasteiger partial charge >= 0.3 is 12.0 Å². The summed E-state index contributed by atoms with van der Waals surface area (Å²) in [5.74, 6) is -0.520. The molecule has 0 fully saturated rings. The summed E-state index contributed by atoms with van der Waals surface area (Å²) in [6.45, 7) is 2.67. The van der Waals surface area contributed by atoms with Gasteiger partial charge in [0.1, 0.15) is 12.3 Å². The van der Waals surface area contributed by atoms with Crippen molar-refractivity contribution in [1.29, 1.82) is 0 Å². The molecule has 0 unspecified atom stereocenters. The Morgan fingerprint density at radius 1 is 1.29 bits per heavy atom. The molecule has 1 aliphatic rings. The lowest BCUT2D eigenvalue weighted by Crippen LogP contribution is -2.47. The fraction of sp³-hybridized carbons (Fsp3) is 0.333. The molecule has 1 aromatic carbocycles. The van der Waals surface area contributed by atoms with Gasteiger partial charge < -0.3 is 4.74 Å². The number of urea groups is 1. The van der Waals surface area contributed by atoms with Crippen LogP contribution in [0, 0.1) is 0 Å². The number of hydrogen-bond acceptors (Lipinski definition) is 4. The molecule has 1 aliphatic heterocycles. The van der Waals surface area contributed by atoms with E-state index in [1.807, 2.05) is 30.3 Å². The van der Waals surface area contributed by atoms with Crippen LogP contribution in [0.4, 0.5) is 4.79 Å². The zero-order chi connectivity index (χ0) is 15.2. The van der Waals surface area contributed by atoms with Crippen molar-refractivity contribution in [3.8, 4) is 0 Å². The van der Waals surface area contributed by atoms with Crippen LogP contribution in [0.1, 0.15) is 12.5 Å². The summed E-state index contributed by atoms with van der Waals surface area (Å²) in [4.78, 5) is 30.8. The maximum absolute atomic E-state index is 12.3. The van der Waals surface area contributed by atoms with Crippen LogP contribution in [0.2, 0.25) is 0 Å². The number of likely N-dealkylation sites (N-methyl/N-ethyl adjacent to an activating group) is 1. The van der Waals surface area contributed by atoms with Crippen molar-refractivity contribution in [2.45, 2.75) is 13.5 Å². The molecule has 0 saturated carbocycles. The molecule has 0 bridgehead atoms. The highest BCUT2D eigenvalue weighted by Crippen LogP contribution is 2.17. The van der Waals surface area contributed by atoms with Crippen molar-refractivity contribution < 1.29 is 19.2 Å².